The van der Waals surface area contributed by atoms with Gasteiger partial charge in [0.1, 0.15) is 11.6 Å². The molecule has 0 fully saturated rings. The van der Waals surface area contributed by atoms with Crippen molar-refractivity contribution in [2.45, 2.75) is 19.3 Å². The summed E-state index contributed by atoms with van der Waals surface area (Å²) in [5.74, 6) is -1.78. The molecule has 2 aromatic carbocycles. The summed E-state index contributed by atoms with van der Waals surface area (Å²) in [5, 5.41) is 4.92. The molecule has 0 aliphatic heterocycles. The highest BCUT2D eigenvalue weighted by Gasteiger charge is 2.13. The average molecular weight is 367 g/mol. The molecule has 1 atom stereocenters. The predicted molar refractivity (Wildman–Crippen MR) is 92.5 cm³/mol. The Morgan fingerprint density at radius 2 is 1.76 bits per heavy atom. The van der Waals surface area contributed by atoms with Gasteiger partial charge in [0.25, 0.3) is 0 Å². The first-order valence-electron chi connectivity index (χ1n) is 7.62. The molecule has 0 saturated heterocycles. The van der Waals surface area contributed by atoms with Gasteiger partial charge in [-0.1, -0.05) is 30.7 Å². The molecule has 4 nitrogen and oxygen atoms in total. The molecule has 2 rings (SSSR count). The maximum absolute atomic E-state index is 13.1. The number of benzene rings is 2. The molecule has 25 heavy (non-hydrogen) atoms. The van der Waals surface area contributed by atoms with Crippen molar-refractivity contribution in [2.75, 3.05) is 11.9 Å². The largest absolute Gasteiger partial charge is 0.347 e. The Hall–Kier alpha value is -2.47. The second-order valence-corrected chi connectivity index (χ2v) is 6.02. The van der Waals surface area contributed by atoms with Gasteiger partial charge in [0.15, 0.2) is 0 Å². The molecule has 2 amide bonds. The minimum atomic E-state index is -0.581. The highest BCUT2D eigenvalue weighted by Crippen LogP contribution is 2.20. The van der Waals surface area contributed by atoms with Gasteiger partial charge in [-0.15, -0.1) is 0 Å². The Kier molecular flexibility index (Phi) is 6.47. The van der Waals surface area contributed by atoms with Crippen LogP contribution in [0.15, 0.2) is 42.5 Å². The van der Waals surface area contributed by atoms with E-state index in [4.69, 9.17) is 11.6 Å². The standard InChI is InChI=1S/C18H17ClF2N2O2/c1-11(12-2-4-13(20)5-3-12)8-17(24)22-10-18(25)23-14-6-7-16(21)15(19)9-14/h2-7,9,11H,8,10H2,1H3,(H,22,24)(H,23,25). The number of nitrogens with one attached hydrogen (secondary N) is 2. The van der Waals surface area contributed by atoms with Gasteiger partial charge in [0.05, 0.1) is 11.6 Å². The van der Waals surface area contributed by atoms with Crippen LogP contribution in [0.25, 0.3) is 0 Å². The van der Waals surface area contributed by atoms with Crippen LogP contribution in [0.2, 0.25) is 5.02 Å². The summed E-state index contributed by atoms with van der Waals surface area (Å²) in [4.78, 5) is 23.7. The van der Waals surface area contributed by atoms with Crippen LogP contribution in [0.3, 0.4) is 0 Å². The number of anilines is 1. The Labute approximate surface area is 149 Å². The van der Waals surface area contributed by atoms with E-state index in [1.807, 2.05) is 6.92 Å². The first-order valence-corrected chi connectivity index (χ1v) is 8.00. The lowest BCUT2D eigenvalue weighted by atomic mass is 9.97. The number of hydrogen-bond acceptors (Lipinski definition) is 2. The van der Waals surface area contributed by atoms with Crippen molar-refractivity contribution in [3.8, 4) is 0 Å². The summed E-state index contributed by atoms with van der Waals surface area (Å²) in [5.41, 5.74) is 1.17. The summed E-state index contributed by atoms with van der Waals surface area (Å²) in [6, 6.07) is 9.72. The topological polar surface area (TPSA) is 58.2 Å². The van der Waals surface area contributed by atoms with Crippen LogP contribution in [-0.4, -0.2) is 18.4 Å². The highest BCUT2D eigenvalue weighted by molar-refractivity contribution is 6.31. The Morgan fingerprint density at radius 3 is 2.40 bits per heavy atom. The van der Waals surface area contributed by atoms with Crippen LogP contribution in [0.5, 0.6) is 0 Å². The van der Waals surface area contributed by atoms with Gasteiger partial charge in [-0.25, -0.2) is 8.78 Å². The van der Waals surface area contributed by atoms with Crippen molar-refractivity contribution in [1.82, 2.24) is 5.32 Å². The molecule has 0 radical (unpaired) electrons. The third-order valence-electron chi connectivity index (χ3n) is 3.58. The summed E-state index contributed by atoms with van der Waals surface area (Å²) >= 11 is 5.63. The van der Waals surface area contributed by atoms with Gasteiger partial charge in [0, 0.05) is 12.1 Å². The summed E-state index contributed by atoms with van der Waals surface area (Å²) in [6.07, 6.45) is 0.168. The molecular weight excluding hydrogens is 350 g/mol. The van der Waals surface area contributed by atoms with Gasteiger partial charge in [-0.05, 0) is 41.8 Å². The molecular formula is C18H17ClF2N2O2. The van der Waals surface area contributed by atoms with Gasteiger partial charge < -0.3 is 10.6 Å². The summed E-state index contributed by atoms with van der Waals surface area (Å²) in [6.45, 7) is 1.62. The van der Waals surface area contributed by atoms with E-state index in [1.54, 1.807) is 12.1 Å². The highest BCUT2D eigenvalue weighted by atomic mass is 35.5. The van der Waals surface area contributed by atoms with Gasteiger partial charge in [0.2, 0.25) is 11.8 Å². The zero-order valence-electron chi connectivity index (χ0n) is 13.5. The van der Waals surface area contributed by atoms with Crippen molar-refractivity contribution in [3.63, 3.8) is 0 Å². The van der Waals surface area contributed by atoms with Crippen molar-refractivity contribution < 1.29 is 18.4 Å². The van der Waals surface area contributed by atoms with Crippen molar-refractivity contribution in [3.05, 3.63) is 64.7 Å². The minimum absolute atomic E-state index is 0.102. The SMILES string of the molecule is CC(CC(=O)NCC(=O)Nc1ccc(F)c(Cl)c1)c1ccc(F)cc1. The van der Waals surface area contributed by atoms with E-state index >= 15 is 0 Å². The number of halogens is 3. The molecule has 0 aliphatic rings. The molecule has 0 bridgehead atoms. The lowest BCUT2D eigenvalue weighted by Gasteiger charge is -2.12. The van der Waals surface area contributed by atoms with E-state index in [2.05, 4.69) is 10.6 Å². The van der Waals surface area contributed by atoms with Crippen LogP contribution < -0.4 is 10.6 Å². The number of carbonyl (C=O) groups is 2. The predicted octanol–water partition coefficient (Wildman–Crippen LogP) is 3.87. The summed E-state index contributed by atoms with van der Waals surface area (Å²) in [7, 11) is 0. The Bertz CT molecular complexity index is 766. The normalized spacial score (nSPS) is 11.7. The van der Waals surface area contributed by atoms with Gasteiger partial charge in [-0.3, -0.25) is 9.59 Å². The van der Waals surface area contributed by atoms with E-state index in [0.717, 1.165) is 11.6 Å². The zero-order chi connectivity index (χ0) is 18.4. The zero-order valence-corrected chi connectivity index (χ0v) is 14.2. The Morgan fingerprint density at radius 1 is 1.08 bits per heavy atom. The second kappa shape index (κ2) is 8.58. The molecule has 1 unspecified atom stereocenters. The third-order valence-corrected chi connectivity index (χ3v) is 3.87. The van der Waals surface area contributed by atoms with Crippen LogP contribution in [-0.2, 0) is 9.59 Å². The number of rotatable bonds is 6. The fourth-order valence-corrected chi connectivity index (χ4v) is 2.40. The molecule has 0 aromatic heterocycles. The molecule has 0 heterocycles. The molecule has 2 aromatic rings. The lowest BCUT2D eigenvalue weighted by molar-refractivity contribution is -0.124. The van der Waals surface area contributed by atoms with Crippen LogP contribution >= 0.6 is 11.6 Å². The number of hydrogen-bond donors (Lipinski definition) is 2. The third kappa shape index (κ3) is 5.83. The fourth-order valence-electron chi connectivity index (χ4n) is 2.22. The maximum atomic E-state index is 13.1. The number of amides is 2. The molecule has 132 valence electrons. The second-order valence-electron chi connectivity index (χ2n) is 5.61. The lowest BCUT2D eigenvalue weighted by Crippen LogP contribution is -2.33. The summed E-state index contributed by atoms with van der Waals surface area (Å²) < 4.78 is 25.9. The molecule has 0 aliphatic carbocycles. The van der Waals surface area contributed by atoms with Crippen molar-refractivity contribution >= 4 is 29.1 Å². The first-order chi connectivity index (χ1) is 11.8. The maximum Gasteiger partial charge on any atom is 0.243 e. The van der Waals surface area contributed by atoms with E-state index in [0.29, 0.717) is 5.69 Å². The smallest absolute Gasteiger partial charge is 0.243 e. The molecule has 0 spiro atoms. The minimum Gasteiger partial charge on any atom is -0.347 e. The molecule has 0 saturated carbocycles. The van der Waals surface area contributed by atoms with E-state index in [9.17, 15) is 18.4 Å². The van der Waals surface area contributed by atoms with E-state index in [-0.39, 0.29) is 35.6 Å². The van der Waals surface area contributed by atoms with E-state index < -0.39 is 11.7 Å². The van der Waals surface area contributed by atoms with Crippen molar-refractivity contribution in [1.29, 1.82) is 0 Å². The quantitative estimate of drug-likeness (QED) is 0.815. The van der Waals surface area contributed by atoms with Crippen LogP contribution in [0.4, 0.5) is 14.5 Å². The monoisotopic (exact) mass is 366 g/mol. The fraction of sp³-hybridized carbons (Fsp3) is 0.222. The Balaban J connectivity index is 1.79. The number of carbonyl (C=O) groups excluding carboxylic acids is 2. The molecule has 2 N–H and O–H groups in total. The van der Waals surface area contributed by atoms with Gasteiger partial charge in [-0.2, -0.15) is 0 Å². The van der Waals surface area contributed by atoms with Gasteiger partial charge >= 0.3 is 0 Å². The van der Waals surface area contributed by atoms with E-state index in [1.165, 1.54) is 24.3 Å². The van der Waals surface area contributed by atoms with Crippen LogP contribution in [0, 0.1) is 11.6 Å². The molecule has 7 heteroatoms. The van der Waals surface area contributed by atoms with Crippen LogP contribution in [0.1, 0.15) is 24.8 Å². The average Bonchev–Trinajstić information content (AvgIpc) is 2.57. The first kappa shape index (κ1) is 18.9. The van der Waals surface area contributed by atoms with Crippen molar-refractivity contribution in [2.24, 2.45) is 0 Å².